The van der Waals surface area contributed by atoms with Crippen molar-refractivity contribution in [2.24, 2.45) is 5.73 Å². The summed E-state index contributed by atoms with van der Waals surface area (Å²) in [5.41, 5.74) is 5.57. The van der Waals surface area contributed by atoms with Crippen LogP contribution >= 0.6 is 12.6 Å². The average Bonchev–Trinajstić information content (AvgIpc) is 2.80. The standard InChI is InChI=1S/C23H45NO7S/c1-2-3-4-5-6-9-23(26)31-12-8-7-11-27-14-16-29-18-19-30-17-15-28-13-10-22(25)21(24)20-32/h21,32H,2-20,24H2,1H3. The lowest BCUT2D eigenvalue weighted by Crippen LogP contribution is -2.32. The van der Waals surface area contributed by atoms with Gasteiger partial charge in [0.15, 0.2) is 5.78 Å². The Balaban J connectivity index is 3.18. The summed E-state index contributed by atoms with van der Waals surface area (Å²) in [7, 11) is 0. The number of unbranched alkanes of at least 4 members (excludes halogenated alkanes) is 5. The highest BCUT2D eigenvalue weighted by Gasteiger charge is 2.10. The van der Waals surface area contributed by atoms with E-state index in [1.807, 2.05) is 0 Å². The van der Waals surface area contributed by atoms with Crippen molar-refractivity contribution >= 4 is 24.4 Å². The fourth-order valence-electron chi connectivity index (χ4n) is 2.66. The van der Waals surface area contributed by atoms with Crippen LogP contribution in [0.1, 0.15) is 64.7 Å². The molecule has 1 unspecified atom stereocenters. The van der Waals surface area contributed by atoms with Crippen molar-refractivity contribution in [3.63, 3.8) is 0 Å². The molecule has 0 aliphatic rings. The Morgan fingerprint density at radius 1 is 0.688 bits per heavy atom. The molecule has 0 saturated heterocycles. The minimum absolute atomic E-state index is 0.0385. The molecule has 0 heterocycles. The lowest BCUT2D eigenvalue weighted by atomic mass is 10.1. The molecule has 0 aromatic heterocycles. The Morgan fingerprint density at radius 2 is 1.22 bits per heavy atom. The number of carbonyl (C=O) groups excluding carboxylic acids is 2. The first-order valence-corrected chi connectivity index (χ1v) is 12.6. The van der Waals surface area contributed by atoms with Gasteiger partial charge in [0.1, 0.15) is 0 Å². The number of rotatable bonds is 25. The number of esters is 1. The van der Waals surface area contributed by atoms with E-state index < -0.39 is 6.04 Å². The second-order valence-electron chi connectivity index (χ2n) is 7.55. The van der Waals surface area contributed by atoms with Crippen molar-refractivity contribution in [1.82, 2.24) is 0 Å². The monoisotopic (exact) mass is 479 g/mol. The molecule has 0 aromatic carbocycles. The highest BCUT2D eigenvalue weighted by molar-refractivity contribution is 7.80. The first kappa shape index (κ1) is 31.3. The summed E-state index contributed by atoms with van der Waals surface area (Å²) in [6, 6.07) is -0.515. The number of nitrogens with two attached hydrogens (primary N) is 1. The van der Waals surface area contributed by atoms with Gasteiger partial charge in [-0.25, -0.2) is 0 Å². The highest BCUT2D eigenvalue weighted by Crippen LogP contribution is 2.06. The van der Waals surface area contributed by atoms with Gasteiger partial charge in [-0.05, 0) is 19.3 Å². The topological polar surface area (TPSA) is 106 Å². The molecule has 190 valence electrons. The zero-order valence-corrected chi connectivity index (χ0v) is 20.8. The van der Waals surface area contributed by atoms with E-state index in [-0.39, 0.29) is 11.8 Å². The molecule has 2 N–H and O–H groups in total. The van der Waals surface area contributed by atoms with Crippen molar-refractivity contribution < 1.29 is 33.3 Å². The van der Waals surface area contributed by atoms with E-state index >= 15 is 0 Å². The van der Waals surface area contributed by atoms with Gasteiger partial charge in [-0.2, -0.15) is 12.6 Å². The SMILES string of the molecule is CCCCCCCC(=O)OCCCCOCCOCCOCCOCCC(=O)C(N)CS. The van der Waals surface area contributed by atoms with Gasteiger partial charge < -0.3 is 29.4 Å². The third kappa shape index (κ3) is 22.5. The number of Topliss-reactive ketones (excluding diaryl/α,β-unsaturated/α-hetero) is 1. The largest absolute Gasteiger partial charge is 0.466 e. The van der Waals surface area contributed by atoms with Gasteiger partial charge in [0.25, 0.3) is 0 Å². The number of hydrogen-bond acceptors (Lipinski definition) is 9. The molecule has 32 heavy (non-hydrogen) atoms. The summed E-state index contributed by atoms with van der Waals surface area (Å²) in [5, 5.41) is 0. The van der Waals surface area contributed by atoms with Gasteiger partial charge in [0.05, 0.1) is 58.9 Å². The third-order valence-corrected chi connectivity index (χ3v) is 5.04. The molecule has 0 aliphatic carbocycles. The lowest BCUT2D eigenvalue weighted by Gasteiger charge is -2.09. The maximum Gasteiger partial charge on any atom is 0.305 e. The van der Waals surface area contributed by atoms with E-state index in [2.05, 4.69) is 19.6 Å². The zero-order chi connectivity index (χ0) is 23.7. The Kier molecular flexibility index (Phi) is 24.4. The van der Waals surface area contributed by atoms with Crippen molar-refractivity contribution in [3.8, 4) is 0 Å². The maximum absolute atomic E-state index is 11.6. The molecule has 8 nitrogen and oxygen atoms in total. The van der Waals surface area contributed by atoms with Crippen molar-refractivity contribution in [1.29, 1.82) is 0 Å². The fraction of sp³-hybridized carbons (Fsp3) is 0.913. The van der Waals surface area contributed by atoms with Crippen LogP contribution in [0.4, 0.5) is 0 Å². The van der Waals surface area contributed by atoms with Gasteiger partial charge in [-0.15, -0.1) is 0 Å². The van der Waals surface area contributed by atoms with Crippen molar-refractivity contribution in [2.45, 2.75) is 70.8 Å². The summed E-state index contributed by atoms with van der Waals surface area (Å²) in [6.07, 6.45) is 8.19. The van der Waals surface area contributed by atoms with Crippen LogP contribution in [-0.2, 0) is 33.3 Å². The van der Waals surface area contributed by atoms with Crippen molar-refractivity contribution in [3.05, 3.63) is 0 Å². The Hall–Kier alpha value is -0.710. The fourth-order valence-corrected chi connectivity index (χ4v) is 2.86. The molecule has 0 bridgehead atoms. The molecular weight excluding hydrogens is 434 g/mol. The van der Waals surface area contributed by atoms with Gasteiger partial charge in [0, 0.05) is 25.2 Å². The molecule has 0 amide bonds. The first-order valence-electron chi connectivity index (χ1n) is 12.0. The molecule has 0 spiro atoms. The molecule has 0 aromatic rings. The quantitative estimate of drug-likeness (QED) is 0.117. The smallest absolute Gasteiger partial charge is 0.305 e. The van der Waals surface area contributed by atoms with Gasteiger partial charge in [-0.3, -0.25) is 9.59 Å². The van der Waals surface area contributed by atoms with E-state index in [9.17, 15) is 9.59 Å². The molecule has 1 atom stereocenters. The van der Waals surface area contributed by atoms with Gasteiger partial charge >= 0.3 is 5.97 Å². The number of carbonyl (C=O) groups is 2. The van der Waals surface area contributed by atoms with Gasteiger partial charge in [0.2, 0.25) is 0 Å². The maximum atomic E-state index is 11.6. The summed E-state index contributed by atoms with van der Waals surface area (Å²) in [4.78, 5) is 23.0. The number of thiol groups is 1. The normalized spacial score (nSPS) is 12.1. The van der Waals surface area contributed by atoms with Crippen LogP contribution in [-0.4, -0.2) is 83.0 Å². The van der Waals surface area contributed by atoms with E-state index in [1.54, 1.807) is 0 Å². The minimum atomic E-state index is -0.515. The van der Waals surface area contributed by atoms with E-state index in [4.69, 9.17) is 29.4 Å². The second-order valence-corrected chi connectivity index (χ2v) is 7.91. The summed E-state index contributed by atoms with van der Waals surface area (Å²) < 4.78 is 26.9. The summed E-state index contributed by atoms with van der Waals surface area (Å²) in [6.45, 7) is 6.53. The molecule has 0 rings (SSSR count). The molecular formula is C23H45NO7S. The van der Waals surface area contributed by atoms with Crippen LogP contribution in [0.15, 0.2) is 0 Å². The van der Waals surface area contributed by atoms with Crippen LogP contribution in [0, 0.1) is 0 Å². The molecule has 0 aliphatic heterocycles. The van der Waals surface area contributed by atoms with Crippen LogP contribution in [0.25, 0.3) is 0 Å². The first-order chi connectivity index (χ1) is 15.6. The highest BCUT2D eigenvalue weighted by atomic mass is 32.1. The Labute approximate surface area is 199 Å². The number of ether oxygens (including phenoxy) is 5. The van der Waals surface area contributed by atoms with E-state index in [0.717, 1.165) is 25.7 Å². The second kappa shape index (κ2) is 24.9. The third-order valence-electron chi connectivity index (χ3n) is 4.65. The minimum Gasteiger partial charge on any atom is -0.466 e. The van der Waals surface area contributed by atoms with Crippen molar-refractivity contribution in [2.75, 3.05) is 65.2 Å². The van der Waals surface area contributed by atoms with Crippen LogP contribution in [0.2, 0.25) is 0 Å². The predicted molar refractivity (Wildman–Crippen MR) is 128 cm³/mol. The van der Waals surface area contributed by atoms with Gasteiger partial charge in [-0.1, -0.05) is 32.6 Å². The Bertz CT molecular complexity index is 441. The van der Waals surface area contributed by atoms with E-state index in [0.29, 0.717) is 78.1 Å². The number of ketones is 1. The van der Waals surface area contributed by atoms with Crippen LogP contribution < -0.4 is 5.73 Å². The van der Waals surface area contributed by atoms with Crippen LogP contribution in [0.5, 0.6) is 0 Å². The van der Waals surface area contributed by atoms with Crippen LogP contribution in [0.3, 0.4) is 0 Å². The zero-order valence-electron chi connectivity index (χ0n) is 19.9. The predicted octanol–water partition coefficient (Wildman–Crippen LogP) is 2.95. The molecule has 0 saturated carbocycles. The lowest BCUT2D eigenvalue weighted by molar-refractivity contribution is -0.144. The number of hydrogen-bond donors (Lipinski definition) is 2. The molecule has 0 fully saturated rings. The summed E-state index contributed by atoms with van der Waals surface area (Å²) in [5.74, 6) is 0.223. The van der Waals surface area contributed by atoms with E-state index in [1.165, 1.54) is 19.3 Å². The average molecular weight is 480 g/mol. The molecule has 0 radical (unpaired) electrons. The molecule has 9 heteroatoms. The Morgan fingerprint density at radius 3 is 1.81 bits per heavy atom. The summed E-state index contributed by atoms with van der Waals surface area (Å²) >= 11 is 3.99.